The summed E-state index contributed by atoms with van der Waals surface area (Å²) >= 11 is 5.98. The molecular weight excluding hydrogens is 356 g/mol. The van der Waals surface area contributed by atoms with Crippen molar-refractivity contribution in [1.29, 1.82) is 0 Å². The first-order chi connectivity index (χ1) is 11.3. The van der Waals surface area contributed by atoms with Gasteiger partial charge in [-0.15, -0.1) is 0 Å². The lowest BCUT2D eigenvalue weighted by atomic mass is 10.3. The van der Waals surface area contributed by atoms with Gasteiger partial charge in [0.05, 0.1) is 17.0 Å². The van der Waals surface area contributed by atoms with Crippen molar-refractivity contribution in [3.8, 4) is 11.5 Å². The van der Waals surface area contributed by atoms with Gasteiger partial charge in [-0.3, -0.25) is 9.52 Å². The van der Waals surface area contributed by atoms with Crippen LogP contribution in [0.15, 0.2) is 47.4 Å². The first kappa shape index (κ1) is 17.9. The zero-order valence-electron chi connectivity index (χ0n) is 12.7. The Morgan fingerprint density at radius 3 is 2.42 bits per heavy atom. The topological polar surface area (TPSA) is 108 Å². The molecule has 0 heterocycles. The first-order valence-corrected chi connectivity index (χ1v) is 8.55. The van der Waals surface area contributed by atoms with Gasteiger partial charge in [0.25, 0.3) is 15.9 Å². The summed E-state index contributed by atoms with van der Waals surface area (Å²) in [6.07, 6.45) is 0. The Kier molecular flexibility index (Phi) is 5.53. The van der Waals surface area contributed by atoms with Crippen LogP contribution in [0.3, 0.4) is 0 Å². The second-order valence-corrected chi connectivity index (χ2v) is 6.77. The number of primary amides is 1. The maximum atomic E-state index is 12.4. The highest BCUT2D eigenvalue weighted by Crippen LogP contribution is 2.28. The van der Waals surface area contributed by atoms with Gasteiger partial charge in [0.1, 0.15) is 11.5 Å². The number of anilines is 1. The van der Waals surface area contributed by atoms with Gasteiger partial charge >= 0.3 is 0 Å². The number of sulfonamides is 1. The lowest BCUT2D eigenvalue weighted by Crippen LogP contribution is -2.20. The maximum Gasteiger partial charge on any atom is 0.261 e. The van der Waals surface area contributed by atoms with Crippen molar-refractivity contribution >= 4 is 33.2 Å². The number of methoxy groups -OCH3 is 1. The molecule has 7 nitrogen and oxygen atoms in total. The molecule has 0 aromatic heterocycles. The van der Waals surface area contributed by atoms with Crippen LogP contribution in [0, 0.1) is 0 Å². The Bertz CT molecular complexity index is 837. The predicted octanol–water partition coefficient (Wildman–Crippen LogP) is 2.01. The molecule has 0 bridgehead atoms. The molecule has 24 heavy (non-hydrogen) atoms. The fourth-order valence-electron chi connectivity index (χ4n) is 1.79. The number of carbonyl (C=O) groups is 1. The molecule has 0 aliphatic heterocycles. The molecule has 1 amide bonds. The van der Waals surface area contributed by atoms with Crippen molar-refractivity contribution in [2.45, 2.75) is 4.90 Å². The molecule has 2 rings (SSSR count). The van der Waals surface area contributed by atoms with Crippen molar-refractivity contribution in [2.75, 3.05) is 18.4 Å². The molecule has 2 aromatic rings. The van der Waals surface area contributed by atoms with Crippen molar-refractivity contribution in [2.24, 2.45) is 5.73 Å². The minimum Gasteiger partial charge on any atom is -0.497 e. The number of nitrogens with two attached hydrogens (primary N) is 1. The number of carbonyl (C=O) groups excluding carboxylic acids is 1. The van der Waals surface area contributed by atoms with Gasteiger partial charge in [-0.1, -0.05) is 11.6 Å². The standard InChI is InChI=1S/C15H15ClN2O5S/c1-22-11-4-2-10(3-5-11)18-24(20,21)12-6-7-14(13(16)8-12)23-9-15(17)19/h2-8,18H,9H2,1H3,(H2,17,19). The Morgan fingerprint density at radius 1 is 1.21 bits per heavy atom. The average molecular weight is 371 g/mol. The molecule has 3 N–H and O–H groups in total. The third-order valence-corrected chi connectivity index (χ3v) is 4.60. The average Bonchev–Trinajstić information content (AvgIpc) is 2.54. The van der Waals surface area contributed by atoms with Crippen LogP contribution in [-0.4, -0.2) is 28.0 Å². The number of hydrogen-bond acceptors (Lipinski definition) is 5. The number of hydrogen-bond donors (Lipinski definition) is 2. The van der Waals surface area contributed by atoms with E-state index in [0.29, 0.717) is 11.4 Å². The van der Waals surface area contributed by atoms with Crippen molar-refractivity contribution < 1.29 is 22.7 Å². The molecular formula is C15H15ClN2O5S. The summed E-state index contributed by atoms with van der Waals surface area (Å²) in [5.74, 6) is 0.111. The number of nitrogens with one attached hydrogen (secondary N) is 1. The summed E-state index contributed by atoms with van der Waals surface area (Å²) in [5, 5.41) is 0.0499. The quantitative estimate of drug-likeness (QED) is 0.775. The Hall–Kier alpha value is -2.45. The Labute approximate surface area is 144 Å². The molecule has 0 unspecified atom stereocenters. The van der Waals surface area contributed by atoms with Crippen LogP contribution < -0.4 is 19.9 Å². The second-order valence-electron chi connectivity index (χ2n) is 4.68. The van der Waals surface area contributed by atoms with E-state index in [9.17, 15) is 13.2 Å². The highest BCUT2D eigenvalue weighted by Gasteiger charge is 2.16. The monoisotopic (exact) mass is 370 g/mol. The van der Waals surface area contributed by atoms with Gasteiger partial charge in [0.15, 0.2) is 6.61 Å². The normalized spacial score (nSPS) is 10.9. The lowest BCUT2D eigenvalue weighted by molar-refractivity contribution is -0.119. The molecule has 0 fully saturated rings. The van der Waals surface area contributed by atoms with E-state index in [0.717, 1.165) is 0 Å². The van der Waals surface area contributed by atoms with Gasteiger partial charge in [-0.25, -0.2) is 8.42 Å². The van der Waals surface area contributed by atoms with Crippen LogP contribution in [0.4, 0.5) is 5.69 Å². The first-order valence-electron chi connectivity index (χ1n) is 6.69. The second kappa shape index (κ2) is 7.41. The van der Waals surface area contributed by atoms with Crippen molar-refractivity contribution in [3.05, 3.63) is 47.5 Å². The van der Waals surface area contributed by atoms with E-state index in [4.69, 9.17) is 26.8 Å². The minimum atomic E-state index is -3.83. The summed E-state index contributed by atoms with van der Waals surface area (Å²) in [4.78, 5) is 10.7. The zero-order chi connectivity index (χ0) is 17.7. The maximum absolute atomic E-state index is 12.4. The smallest absolute Gasteiger partial charge is 0.261 e. The van der Waals surface area contributed by atoms with Crippen LogP contribution in [0.2, 0.25) is 5.02 Å². The number of rotatable bonds is 7. The van der Waals surface area contributed by atoms with Crippen LogP contribution in [0.1, 0.15) is 0 Å². The molecule has 9 heteroatoms. The summed E-state index contributed by atoms with van der Waals surface area (Å²) in [6.45, 7) is -0.351. The van der Waals surface area contributed by atoms with E-state index in [1.807, 2.05) is 0 Å². The van der Waals surface area contributed by atoms with Gasteiger partial charge in [0.2, 0.25) is 0 Å². The molecule has 0 aliphatic carbocycles. The van der Waals surface area contributed by atoms with Crippen molar-refractivity contribution in [1.82, 2.24) is 0 Å². The molecule has 0 radical (unpaired) electrons. The fourth-order valence-corrected chi connectivity index (χ4v) is 3.17. The van der Waals surface area contributed by atoms with Crippen LogP contribution in [0.25, 0.3) is 0 Å². The SMILES string of the molecule is COc1ccc(NS(=O)(=O)c2ccc(OCC(N)=O)c(Cl)c2)cc1. The van der Waals surface area contributed by atoms with E-state index in [1.165, 1.54) is 25.3 Å². The molecule has 128 valence electrons. The van der Waals surface area contributed by atoms with E-state index < -0.39 is 15.9 Å². The van der Waals surface area contributed by atoms with Gasteiger partial charge in [-0.2, -0.15) is 0 Å². The molecule has 0 saturated heterocycles. The minimum absolute atomic E-state index is 0.0465. The Morgan fingerprint density at radius 2 is 1.88 bits per heavy atom. The van der Waals surface area contributed by atoms with Crippen LogP contribution in [0.5, 0.6) is 11.5 Å². The summed E-state index contributed by atoms with van der Waals surface area (Å²) in [7, 11) is -2.31. The van der Waals surface area contributed by atoms with Gasteiger partial charge < -0.3 is 15.2 Å². The summed E-state index contributed by atoms with van der Waals surface area (Å²) < 4.78 is 37.3. The molecule has 0 atom stereocenters. The van der Waals surface area contributed by atoms with E-state index in [2.05, 4.69) is 4.72 Å². The highest BCUT2D eigenvalue weighted by molar-refractivity contribution is 7.92. The van der Waals surface area contributed by atoms with Crippen LogP contribution >= 0.6 is 11.6 Å². The number of halogens is 1. The number of amides is 1. The highest BCUT2D eigenvalue weighted by atomic mass is 35.5. The van der Waals surface area contributed by atoms with E-state index in [1.54, 1.807) is 24.3 Å². The number of ether oxygens (including phenoxy) is 2. The third kappa shape index (κ3) is 4.53. The van der Waals surface area contributed by atoms with Gasteiger partial charge in [-0.05, 0) is 42.5 Å². The lowest BCUT2D eigenvalue weighted by Gasteiger charge is -2.11. The largest absolute Gasteiger partial charge is 0.497 e. The Balaban J connectivity index is 2.19. The van der Waals surface area contributed by atoms with E-state index >= 15 is 0 Å². The molecule has 0 saturated carbocycles. The van der Waals surface area contributed by atoms with Gasteiger partial charge in [0, 0.05) is 5.69 Å². The number of benzene rings is 2. The molecule has 2 aromatic carbocycles. The predicted molar refractivity (Wildman–Crippen MR) is 89.9 cm³/mol. The summed E-state index contributed by atoms with van der Waals surface area (Å²) in [6, 6.07) is 10.3. The fraction of sp³-hybridized carbons (Fsp3) is 0.133. The molecule has 0 aliphatic rings. The zero-order valence-corrected chi connectivity index (χ0v) is 14.2. The third-order valence-electron chi connectivity index (χ3n) is 2.93. The van der Waals surface area contributed by atoms with E-state index in [-0.39, 0.29) is 22.3 Å². The van der Waals surface area contributed by atoms with Crippen molar-refractivity contribution in [3.63, 3.8) is 0 Å². The molecule has 0 spiro atoms. The van der Waals surface area contributed by atoms with Crippen LogP contribution in [-0.2, 0) is 14.8 Å². The summed E-state index contributed by atoms with van der Waals surface area (Å²) in [5.41, 5.74) is 5.35.